The lowest BCUT2D eigenvalue weighted by Gasteiger charge is -2.28. The van der Waals surface area contributed by atoms with Crippen LogP contribution in [0.1, 0.15) is 19.8 Å². The van der Waals surface area contributed by atoms with Crippen molar-refractivity contribution in [3.05, 3.63) is 24.4 Å². The third kappa shape index (κ3) is 2.93. The van der Waals surface area contributed by atoms with Gasteiger partial charge in [0.15, 0.2) is 0 Å². The van der Waals surface area contributed by atoms with Gasteiger partial charge in [-0.3, -0.25) is 0 Å². The number of aromatic nitrogens is 1. The Kier molecular flexibility index (Phi) is 3.56. The van der Waals surface area contributed by atoms with Crippen molar-refractivity contribution in [2.45, 2.75) is 25.9 Å². The van der Waals surface area contributed by atoms with Crippen molar-refractivity contribution in [1.29, 1.82) is 0 Å². The first-order chi connectivity index (χ1) is 7.36. The normalized spacial score (nSPS) is 23.4. The van der Waals surface area contributed by atoms with Gasteiger partial charge in [-0.2, -0.15) is 0 Å². The lowest BCUT2D eigenvalue weighted by Crippen LogP contribution is -2.38. The monoisotopic (exact) mass is 206 g/mol. The Morgan fingerprint density at radius 3 is 3.13 bits per heavy atom. The van der Waals surface area contributed by atoms with Gasteiger partial charge in [-0.25, -0.2) is 4.98 Å². The Bertz CT molecular complexity index is 283. The van der Waals surface area contributed by atoms with Gasteiger partial charge in [-0.1, -0.05) is 6.07 Å². The molecule has 0 aliphatic carbocycles. The molecule has 2 rings (SSSR count). The average Bonchev–Trinajstić information content (AvgIpc) is 2.31. The van der Waals surface area contributed by atoms with E-state index in [1.54, 1.807) is 6.20 Å². The van der Waals surface area contributed by atoms with Crippen LogP contribution in [0.3, 0.4) is 0 Å². The van der Waals surface area contributed by atoms with Gasteiger partial charge in [0, 0.05) is 24.7 Å². The predicted molar refractivity (Wildman–Crippen MR) is 59.9 cm³/mol. The molecule has 1 saturated heterocycles. The van der Waals surface area contributed by atoms with E-state index in [9.17, 15) is 0 Å². The molecule has 0 radical (unpaired) electrons. The highest BCUT2D eigenvalue weighted by Gasteiger charge is 2.21. The summed E-state index contributed by atoms with van der Waals surface area (Å²) in [6.45, 7) is 4.34. The maximum atomic E-state index is 5.80. The van der Waals surface area contributed by atoms with Crippen LogP contribution in [-0.4, -0.2) is 24.2 Å². The zero-order valence-corrected chi connectivity index (χ0v) is 9.15. The molecule has 0 amide bonds. The topological polar surface area (TPSA) is 34.1 Å². The van der Waals surface area contributed by atoms with Gasteiger partial charge in [0.1, 0.15) is 6.10 Å². The van der Waals surface area contributed by atoms with E-state index < -0.39 is 0 Å². The number of nitrogens with one attached hydrogen (secondary N) is 1. The molecule has 0 bridgehead atoms. The molecule has 1 aromatic rings. The van der Waals surface area contributed by atoms with Gasteiger partial charge in [-0.15, -0.1) is 0 Å². The number of hydrogen-bond donors (Lipinski definition) is 1. The summed E-state index contributed by atoms with van der Waals surface area (Å²) >= 11 is 0. The van der Waals surface area contributed by atoms with Gasteiger partial charge >= 0.3 is 0 Å². The summed E-state index contributed by atoms with van der Waals surface area (Å²) in [7, 11) is 0. The quantitative estimate of drug-likeness (QED) is 0.819. The molecule has 2 atom stereocenters. The first kappa shape index (κ1) is 10.4. The number of hydrogen-bond acceptors (Lipinski definition) is 3. The van der Waals surface area contributed by atoms with E-state index in [0.717, 1.165) is 19.0 Å². The molecule has 0 spiro atoms. The first-order valence-electron chi connectivity index (χ1n) is 5.64. The van der Waals surface area contributed by atoms with E-state index >= 15 is 0 Å². The summed E-state index contributed by atoms with van der Waals surface area (Å²) in [5, 5.41) is 3.40. The number of ether oxygens (including phenoxy) is 1. The highest BCUT2D eigenvalue weighted by Crippen LogP contribution is 2.18. The van der Waals surface area contributed by atoms with Crippen molar-refractivity contribution in [3.63, 3.8) is 0 Å². The second-order valence-corrected chi connectivity index (χ2v) is 4.10. The largest absolute Gasteiger partial charge is 0.474 e. The molecule has 1 aliphatic rings. The molecule has 3 nitrogen and oxygen atoms in total. The van der Waals surface area contributed by atoms with Crippen molar-refractivity contribution < 1.29 is 4.74 Å². The molecule has 0 saturated carbocycles. The fourth-order valence-electron chi connectivity index (χ4n) is 1.98. The van der Waals surface area contributed by atoms with E-state index in [0.29, 0.717) is 5.92 Å². The van der Waals surface area contributed by atoms with Crippen LogP contribution >= 0.6 is 0 Å². The summed E-state index contributed by atoms with van der Waals surface area (Å²) in [5.41, 5.74) is 0. The molecular formula is C12H18N2O. The number of pyridine rings is 1. The molecule has 2 unspecified atom stereocenters. The molecule has 1 fully saturated rings. The third-order valence-electron chi connectivity index (χ3n) is 2.94. The molecular weight excluding hydrogens is 188 g/mol. The minimum atomic E-state index is 0.243. The SMILES string of the molecule is CC(Oc1ccccn1)C1CCCNC1. The van der Waals surface area contributed by atoms with Crippen LogP contribution in [-0.2, 0) is 0 Å². The molecule has 1 N–H and O–H groups in total. The summed E-state index contributed by atoms with van der Waals surface area (Å²) in [6.07, 6.45) is 4.51. The van der Waals surface area contributed by atoms with Crippen LogP contribution in [0.15, 0.2) is 24.4 Å². The third-order valence-corrected chi connectivity index (χ3v) is 2.94. The maximum Gasteiger partial charge on any atom is 0.213 e. The Hall–Kier alpha value is -1.09. The molecule has 15 heavy (non-hydrogen) atoms. The summed E-state index contributed by atoms with van der Waals surface area (Å²) in [6, 6.07) is 5.76. The van der Waals surface area contributed by atoms with E-state index in [-0.39, 0.29) is 6.10 Å². The van der Waals surface area contributed by atoms with Crippen LogP contribution in [0, 0.1) is 5.92 Å². The molecule has 1 aromatic heterocycles. The first-order valence-corrected chi connectivity index (χ1v) is 5.64. The van der Waals surface area contributed by atoms with Crippen molar-refractivity contribution in [1.82, 2.24) is 10.3 Å². The predicted octanol–water partition coefficient (Wildman–Crippen LogP) is 1.85. The highest BCUT2D eigenvalue weighted by molar-refractivity contribution is 5.09. The van der Waals surface area contributed by atoms with Gasteiger partial charge in [-0.05, 0) is 32.4 Å². The standard InChI is InChI=1S/C12H18N2O/c1-10(11-5-4-7-13-9-11)15-12-6-2-3-8-14-12/h2-3,6,8,10-11,13H,4-5,7,9H2,1H3. The minimum Gasteiger partial charge on any atom is -0.474 e. The number of rotatable bonds is 3. The summed E-state index contributed by atoms with van der Waals surface area (Å²) < 4.78 is 5.80. The fraction of sp³-hybridized carbons (Fsp3) is 0.583. The zero-order chi connectivity index (χ0) is 10.5. The van der Waals surface area contributed by atoms with Crippen LogP contribution in [0.2, 0.25) is 0 Å². The van der Waals surface area contributed by atoms with Crippen LogP contribution in [0.5, 0.6) is 5.88 Å². The number of piperidine rings is 1. The molecule has 1 aliphatic heterocycles. The summed E-state index contributed by atoms with van der Waals surface area (Å²) in [5.74, 6) is 1.34. The van der Waals surface area contributed by atoms with E-state index in [2.05, 4.69) is 17.2 Å². The molecule has 82 valence electrons. The van der Waals surface area contributed by atoms with Crippen molar-refractivity contribution in [2.75, 3.05) is 13.1 Å². The maximum absolute atomic E-state index is 5.80. The van der Waals surface area contributed by atoms with E-state index in [4.69, 9.17) is 4.74 Å². The Balaban J connectivity index is 1.88. The Morgan fingerprint density at radius 2 is 2.47 bits per heavy atom. The lowest BCUT2D eigenvalue weighted by atomic mass is 9.95. The second kappa shape index (κ2) is 5.12. The van der Waals surface area contributed by atoms with Crippen LogP contribution in [0.4, 0.5) is 0 Å². The van der Waals surface area contributed by atoms with Crippen molar-refractivity contribution in [3.8, 4) is 5.88 Å². The number of nitrogens with zero attached hydrogens (tertiary/aromatic N) is 1. The Labute approximate surface area is 90.9 Å². The fourth-order valence-corrected chi connectivity index (χ4v) is 1.98. The molecule has 3 heteroatoms. The van der Waals surface area contributed by atoms with E-state index in [1.807, 2.05) is 18.2 Å². The average molecular weight is 206 g/mol. The van der Waals surface area contributed by atoms with Crippen LogP contribution < -0.4 is 10.1 Å². The van der Waals surface area contributed by atoms with E-state index in [1.165, 1.54) is 12.8 Å². The lowest BCUT2D eigenvalue weighted by molar-refractivity contribution is 0.126. The molecule has 2 heterocycles. The van der Waals surface area contributed by atoms with Gasteiger partial charge in [0.25, 0.3) is 0 Å². The minimum absolute atomic E-state index is 0.243. The van der Waals surface area contributed by atoms with Crippen molar-refractivity contribution in [2.24, 2.45) is 5.92 Å². The smallest absolute Gasteiger partial charge is 0.213 e. The second-order valence-electron chi connectivity index (χ2n) is 4.10. The zero-order valence-electron chi connectivity index (χ0n) is 9.15. The van der Waals surface area contributed by atoms with Crippen molar-refractivity contribution >= 4 is 0 Å². The molecule has 0 aromatic carbocycles. The van der Waals surface area contributed by atoms with Gasteiger partial charge in [0.05, 0.1) is 0 Å². The van der Waals surface area contributed by atoms with Gasteiger partial charge in [0.2, 0.25) is 5.88 Å². The highest BCUT2D eigenvalue weighted by atomic mass is 16.5. The van der Waals surface area contributed by atoms with Crippen LogP contribution in [0.25, 0.3) is 0 Å². The van der Waals surface area contributed by atoms with Gasteiger partial charge < -0.3 is 10.1 Å². The summed E-state index contributed by atoms with van der Waals surface area (Å²) in [4.78, 5) is 4.17. The Morgan fingerprint density at radius 1 is 1.53 bits per heavy atom.